The monoisotopic (exact) mass is 425 g/mol. The molecule has 2 aliphatic heterocycles. The van der Waals surface area contributed by atoms with Crippen molar-refractivity contribution in [1.82, 2.24) is 9.88 Å². The molecular formula is C19H18F3N3O3S. The van der Waals surface area contributed by atoms with E-state index < -0.39 is 27.8 Å². The van der Waals surface area contributed by atoms with Gasteiger partial charge in [-0.15, -0.1) is 0 Å². The van der Waals surface area contributed by atoms with Gasteiger partial charge in [0.25, 0.3) is 10.0 Å². The van der Waals surface area contributed by atoms with E-state index in [0.29, 0.717) is 24.4 Å². The molecule has 1 unspecified atom stereocenters. The van der Waals surface area contributed by atoms with E-state index in [9.17, 15) is 21.6 Å². The van der Waals surface area contributed by atoms with Crippen LogP contribution in [0.25, 0.3) is 0 Å². The largest absolute Gasteiger partial charge is 0.439 e. The average molecular weight is 425 g/mol. The van der Waals surface area contributed by atoms with E-state index in [4.69, 9.17) is 4.74 Å². The normalized spacial score (nSPS) is 21.3. The molecule has 1 fully saturated rings. The van der Waals surface area contributed by atoms with Crippen LogP contribution in [-0.4, -0.2) is 36.4 Å². The summed E-state index contributed by atoms with van der Waals surface area (Å²) in [6, 6.07) is 7.90. The molecule has 0 spiro atoms. The zero-order chi connectivity index (χ0) is 20.6. The molecule has 0 radical (unpaired) electrons. The summed E-state index contributed by atoms with van der Waals surface area (Å²) in [5.41, 5.74) is -0.296. The molecule has 0 aliphatic carbocycles. The van der Waals surface area contributed by atoms with Crippen LogP contribution in [-0.2, 0) is 16.2 Å². The summed E-state index contributed by atoms with van der Waals surface area (Å²) >= 11 is 0. The predicted molar refractivity (Wildman–Crippen MR) is 100 cm³/mol. The lowest BCUT2D eigenvalue weighted by Crippen LogP contribution is -2.45. The molecule has 6 nitrogen and oxygen atoms in total. The molecule has 2 aliphatic rings. The number of sulfonamides is 1. The van der Waals surface area contributed by atoms with Gasteiger partial charge >= 0.3 is 6.18 Å². The van der Waals surface area contributed by atoms with E-state index in [0.717, 1.165) is 31.2 Å². The summed E-state index contributed by atoms with van der Waals surface area (Å²) in [5, 5.41) is 0. The average Bonchev–Trinajstić information content (AvgIpc) is 2.67. The number of nitrogens with zero attached hydrogens (tertiary/aromatic N) is 3. The van der Waals surface area contributed by atoms with Crippen LogP contribution in [0.2, 0.25) is 0 Å². The second-order valence-electron chi connectivity index (χ2n) is 6.94. The van der Waals surface area contributed by atoms with E-state index >= 15 is 0 Å². The molecule has 1 aromatic carbocycles. The van der Waals surface area contributed by atoms with Gasteiger partial charge in [-0.2, -0.15) is 17.6 Å². The highest BCUT2D eigenvalue weighted by atomic mass is 32.2. The molecule has 154 valence electrons. The van der Waals surface area contributed by atoms with Crippen molar-refractivity contribution in [1.29, 1.82) is 0 Å². The summed E-state index contributed by atoms with van der Waals surface area (Å²) in [6.07, 6.45) is -1.13. The fourth-order valence-corrected chi connectivity index (χ4v) is 4.97. The number of fused-ring (bicyclic) bond motifs is 1. The van der Waals surface area contributed by atoms with Gasteiger partial charge in [0.2, 0.25) is 5.88 Å². The Labute approximate surface area is 166 Å². The zero-order valence-electron chi connectivity index (χ0n) is 15.3. The maximum Gasteiger partial charge on any atom is 0.416 e. The molecule has 0 amide bonds. The van der Waals surface area contributed by atoms with Crippen LogP contribution in [0, 0.1) is 0 Å². The molecule has 1 saturated heterocycles. The molecule has 0 N–H and O–H groups in total. The highest BCUT2D eigenvalue weighted by molar-refractivity contribution is 7.90. The Morgan fingerprint density at radius 1 is 1.14 bits per heavy atom. The van der Waals surface area contributed by atoms with Gasteiger partial charge in [-0.05, 0) is 25.0 Å². The Kier molecular flexibility index (Phi) is 4.97. The van der Waals surface area contributed by atoms with Gasteiger partial charge in [0.15, 0.2) is 0 Å². The maximum absolute atomic E-state index is 13.0. The number of benzene rings is 1. The Hall–Kier alpha value is -2.62. The van der Waals surface area contributed by atoms with Gasteiger partial charge in [0.1, 0.15) is 11.6 Å². The maximum atomic E-state index is 13.0. The lowest BCUT2D eigenvalue weighted by Gasteiger charge is -2.40. The molecule has 4 rings (SSSR count). The van der Waals surface area contributed by atoms with Crippen LogP contribution in [0.4, 0.5) is 13.2 Å². The second kappa shape index (κ2) is 7.33. The summed E-state index contributed by atoms with van der Waals surface area (Å²) < 4.78 is 73.2. The number of aromatic nitrogens is 1. The first-order valence-corrected chi connectivity index (χ1v) is 10.7. The molecule has 0 saturated carbocycles. The number of halogens is 3. The number of piperidine rings is 1. The van der Waals surface area contributed by atoms with Crippen LogP contribution < -0.4 is 4.74 Å². The third kappa shape index (κ3) is 4.21. The van der Waals surface area contributed by atoms with Crippen LogP contribution in [0.15, 0.2) is 47.0 Å². The van der Waals surface area contributed by atoms with Crippen molar-refractivity contribution in [3.8, 4) is 11.6 Å². The lowest BCUT2D eigenvalue weighted by molar-refractivity contribution is -0.137. The molecule has 10 heteroatoms. The highest BCUT2D eigenvalue weighted by Crippen LogP contribution is 2.38. The number of para-hydroxylation sites is 1. The minimum absolute atomic E-state index is 0.210. The Balaban J connectivity index is 1.70. The van der Waals surface area contributed by atoms with Crippen molar-refractivity contribution in [3.05, 3.63) is 53.7 Å². The number of amidine groups is 1. The van der Waals surface area contributed by atoms with E-state index in [1.807, 2.05) is 4.90 Å². The zero-order valence-corrected chi connectivity index (χ0v) is 16.1. The summed E-state index contributed by atoms with van der Waals surface area (Å²) in [6.45, 7) is 0.662. The second-order valence-corrected chi connectivity index (χ2v) is 8.62. The standard InChI is InChI=1S/C19H18F3N3O3S/c20-19(21,22)13-8-9-23-18(11-13)28-16-6-2-1-5-14(16)15-12-29(26,27)24-17-7-3-4-10-25(15)17/h1-2,5-6,8-9,11,15H,3-4,7,10,12H2. The van der Waals surface area contributed by atoms with E-state index in [1.165, 1.54) is 0 Å². The smallest absolute Gasteiger partial charge is 0.416 e. The topological polar surface area (TPSA) is 71.9 Å². The van der Waals surface area contributed by atoms with Gasteiger partial charge in [-0.25, -0.2) is 13.4 Å². The summed E-state index contributed by atoms with van der Waals surface area (Å²) in [4.78, 5) is 5.82. The molecule has 1 aromatic heterocycles. The number of hydrogen-bond acceptors (Lipinski definition) is 5. The summed E-state index contributed by atoms with van der Waals surface area (Å²) in [7, 11) is -3.64. The molecule has 2 aromatic rings. The van der Waals surface area contributed by atoms with Gasteiger partial charge in [0, 0.05) is 30.8 Å². The van der Waals surface area contributed by atoms with Gasteiger partial charge in [-0.3, -0.25) is 0 Å². The molecule has 1 atom stereocenters. The Morgan fingerprint density at radius 2 is 1.93 bits per heavy atom. The van der Waals surface area contributed by atoms with Crippen molar-refractivity contribution in [2.45, 2.75) is 31.5 Å². The van der Waals surface area contributed by atoms with Crippen molar-refractivity contribution in [2.75, 3.05) is 12.3 Å². The van der Waals surface area contributed by atoms with E-state index in [2.05, 4.69) is 9.38 Å². The third-order valence-corrected chi connectivity index (χ3v) is 6.15. The SMILES string of the molecule is O=S1(=O)CC(c2ccccc2Oc2cc(C(F)(F)F)ccn2)N2CCCCC2=N1. The summed E-state index contributed by atoms with van der Waals surface area (Å²) in [5.74, 6) is 0.372. The number of pyridine rings is 1. The predicted octanol–water partition coefficient (Wildman–Crippen LogP) is 4.16. The fraction of sp³-hybridized carbons (Fsp3) is 0.368. The van der Waals surface area contributed by atoms with Crippen molar-refractivity contribution < 1.29 is 26.3 Å². The van der Waals surface area contributed by atoms with Crippen LogP contribution >= 0.6 is 0 Å². The quantitative estimate of drug-likeness (QED) is 0.738. The van der Waals surface area contributed by atoms with Crippen LogP contribution in [0.3, 0.4) is 0 Å². The Bertz CT molecular complexity index is 1050. The van der Waals surface area contributed by atoms with Crippen LogP contribution in [0.5, 0.6) is 11.6 Å². The van der Waals surface area contributed by atoms with Crippen molar-refractivity contribution >= 4 is 15.9 Å². The minimum Gasteiger partial charge on any atom is -0.439 e. The van der Waals surface area contributed by atoms with Gasteiger partial charge in [-0.1, -0.05) is 18.2 Å². The molecular weight excluding hydrogens is 407 g/mol. The first-order chi connectivity index (χ1) is 13.7. The van der Waals surface area contributed by atoms with E-state index in [-0.39, 0.29) is 17.4 Å². The van der Waals surface area contributed by atoms with E-state index in [1.54, 1.807) is 24.3 Å². The number of ether oxygens (including phenoxy) is 1. The third-order valence-electron chi connectivity index (χ3n) is 4.92. The van der Waals surface area contributed by atoms with Crippen LogP contribution in [0.1, 0.15) is 36.4 Å². The number of rotatable bonds is 3. The van der Waals surface area contributed by atoms with Gasteiger partial charge < -0.3 is 9.64 Å². The van der Waals surface area contributed by atoms with Crippen molar-refractivity contribution in [2.24, 2.45) is 4.40 Å². The molecule has 3 heterocycles. The first kappa shape index (κ1) is 19.7. The van der Waals surface area contributed by atoms with Crippen molar-refractivity contribution in [3.63, 3.8) is 0 Å². The highest BCUT2D eigenvalue weighted by Gasteiger charge is 2.37. The fourth-order valence-electron chi connectivity index (χ4n) is 3.62. The molecule has 0 bridgehead atoms. The number of alkyl halides is 3. The van der Waals surface area contributed by atoms with Gasteiger partial charge in [0.05, 0.1) is 17.4 Å². The first-order valence-electron chi connectivity index (χ1n) is 9.11. The minimum atomic E-state index is -4.52. The number of hydrogen-bond donors (Lipinski definition) is 0. The lowest BCUT2D eigenvalue weighted by atomic mass is 10.0. The Morgan fingerprint density at radius 3 is 2.72 bits per heavy atom. The molecule has 29 heavy (non-hydrogen) atoms.